The summed E-state index contributed by atoms with van der Waals surface area (Å²) in [6.07, 6.45) is 0.186. The summed E-state index contributed by atoms with van der Waals surface area (Å²) >= 11 is 1.47. The van der Waals surface area contributed by atoms with Gasteiger partial charge in [0.05, 0.1) is 28.9 Å². The van der Waals surface area contributed by atoms with Gasteiger partial charge in [-0.15, -0.1) is 0 Å². The molecule has 7 heteroatoms. The van der Waals surface area contributed by atoms with Crippen LogP contribution in [0.25, 0.3) is 10.2 Å². The zero-order valence-electron chi connectivity index (χ0n) is 16.0. The van der Waals surface area contributed by atoms with Crippen LogP contribution in [0.2, 0.25) is 0 Å². The highest BCUT2D eigenvalue weighted by Crippen LogP contribution is 2.35. The van der Waals surface area contributed by atoms with E-state index >= 15 is 0 Å². The molecular weight excluding hydrogens is 374 g/mol. The number of rotatable bonds is 4. The zero-order chi connectivity index (χ0) is 19.8. The van der Waals surface area contributed by atoms with Crippen LogP contribution in [0.4, 0.5) is 10.8 Å². The Bertz CT molecular complexity index is 1030. The van der Waals surface area contributed by atoms with Crippen LogP contribution in [-0.4, -0.2) is 37.5 Å². The molecule has 2 amide bonds. The number of thiazole rings is 1. The SMILES string of the molecule is COc1ccc(C)cc1N1C[C@H](C(=O)N(C)c2nc3ccccc3s2)CC1=O. The van der Waals surface area contributed by atoms with E-state index in [1.165, 1.54) is 11.3 Å². The second-order valence-electron chi connectivity index (χ2n) is 6.94. The van der Waals surface area contributed by atoms with Gasteiger partial charge in [0.15, 0.2) is 5.13 Å². The van der Waals surface area contributed by atoms with Crippen molar-refractivity contribution in [2.45, 2.75) is 13.3 Å². The van der Waals surface area contributed by atoms with E-state index in [0.29, 0.717) is 23.1 Å². The van der Waals surface area contributed by atoms with Crippen molar-refractivity contribution in [1.82, 2.24) is 4.98 Å². The molecule has 2 aromatic carbocycles. The number of ether oxygens (including phenoxy) is 1. The summed E-state index contributed by atoms with van der Waals surface area (Å²) in [6.45, 7) is 2.31. The first-order valence-electron chi connectivity index (χ1n) is 9.06. The van der Waals surface area contributed by atoms with Crippen molar-refractivity contribution in [3.8, 4) is 5.75 Å². The first-order chi connectivity index (χ1) is 13.5. The molecular formula is C21H21N3O3S. The largest absolute Gasteiger partial charge is 0.495 e. The van der Waals surface area contributed by atoms with Crippen molar-refractivity contribution >= 4 is 44.2 Å². The van der Waals surface area contributed by atoms with Crippen molar-refractivity contribution in [2.24, 2.45) is 5.92 Å². The highest BCUT2D eigenvalue weighted by atomic mass is 32.1. The van der Waals surface area contributed by atoms with Crippen LogP contribution < -0.4 is 14.5 Å². The molecule has 3 aromatic rings. The molecule has 1 atom stereocenters. The summed E-state index contributed by atoms with van der Waals surface area (Å²) < 4.78 is 6.44. The Kier molecular flexibility index (Phi) is 4.77. The number of carbonyl (C=O) groups excluding carboxylic acids is 2. The van der Waals surface area contributed by atoms with E-state index in [4.69, 9.17) is 4.74 Å². The van der Waals surface area contributed by atoms with Crippen LogP contribution >= 0.6 is 11.3 Å². The second kappa shape index (κ2) is 7.24. The van der Waals surface area contributed by atoms with Crippen LogP contribution in [0.5, 0.6) is 5.75 Å². The van der Waals surface area contributed by atoms with E-state index < -0.39 is 5.92 Å². The molecule has 0 spiro atoms. The van der Waals surface area contributed by atoms with E-state index in [1.54, 1.807) is 24.0 Å². The van der Waals surface area contributed by atoms with E-state index in [1.807, 2.05) is 49.4 Å². The summed E-state index contributed by atoms with van der Waals surface area (Å²) in [6, 6.07) is 13.5. The summed E-state index contributed by atoms with van der Waals surface area (Å²) in [7, 11) is 3.30. The van der Waals surface area contributed by atoms with Gasteiger partial charge in [-0.3, -0.25) is 14.5 Å². The molecule has 1 aliphatic rings. The Morgan fingerprint density at radius 1 is 1.29 bits per heavy atom. The van der Waals surface area contributed by atoms with Gasteiger partial charge in [-0.05, 0) is 36.8 Å². The van der Waals surface area contributed by atoms with E-state index in [-0.39, 0.29) is 18.2 Å². The zero-order valence-corrected chi connectivity index (χ0v) is 16.8. The smallest absolute Gasteiger partial charge is 0.233 e. The third kappa shape index (κ3) is 3.22. The number of nitrogens with zero attached hydrogens (tertiary/aromatic N) is 3. The van der Waals surface area contributed by atoms with E-state index in [0.717, 1.165) is 15.8 Å². The molecule has 1 fully saturated rings. The molecule has 6 nitrogen and oxygen atoms in total. The molecule has 144 valence electrons. The Balaban J connectivity index is 1.56. The molecule has 0 unspecified atom stereocenters. The molecule has 0 radical (unpaired) electrons. The van der Waals surface area contributed by atoms with Crippen LogP contribution in [0.3, 0.4) is 0 Å². The molecule has 1 aromatic heterocycles. The number of aromatic nitrogens is 1. The Morgan fingerprint density at radius 3 is 2.82 bits per heavy atom. The summed E-state index contributed by atoms with van der Waals surface area (Å²) in [5.74, 6) is 0.0581. The number of fused-ring (bicyclic) bond motifs is 1. The van der Waals surface area contributed by atoms with Gasteiger partial charge in [0.1, 0.15) is 5.75 Å². The van der Waals surface area contributed by atoms with E-state index in [9.17, 15) is 9.59 Å². The molecule has 0 saturated carbocycles. The van der Waals surface area contributed by atoms with Crippen molar-refractivity contribution in [2.75, 3.05) is 30.5 Å². The molecule has 0 N–H and O–H groups in total. The Hall–Kier alpha value is -2.93. The predicted molar refractivity (Wildman–Crippen MR) is 111 cm³/mol. The maximum atomic E-state index is 13.0. The quantitative estimate of drug-likeness (QED) is 0.677. The Labute approximate surface area is 167 Å². The number of hydrogen-bond acceptors (Lipinski definition) is 5. The first-order valence-corrected chi connectivity index (χ1v) is 9.87. The highest BCUT2D eigenvalue weighted by Gasteiger charge is 2.38. The molecule has 0 aliphatic carbocycles. The fourth-order valence-electron chi connectivity index (χ4n) is 3.49. The van der Waals surface area contributed by atoms with Crippen LogP contribution in [0.15, 0.2) is 42.5 Å². The van der Waals surface area contributed by atoms with Crippen LogP contribution in [-0.2, 0) is 9.59 Å². The normalized spacial score (nSPS) is 16.6. The van der Waals surface area contributed by atoms with Crippen LogP contribution in [0.1, 0.15) is 12.0 Å². The van der Waals surface area contributed by atoms with Crippen molar-refractivity contribution in [3.05, 3.63) is 48.0 Å². The average Bonchev–Trinajstić information content (AvgIpc) is 3.30. The number of para-hydroxylation sites is 1. The standard InChI is InChI=1S/C21H21N3O3S/c1-13-8-9-17(27-3)16(10-13)24-12-14(11-19(24)25)20(26)23(2)21-22-15-6-4-5-7-18(15)28-21/h4-10,14H,11-12H2,1-3H3/t14-/m1/s1. The lowest BCUT2D eigenvalue weighted by Gasteiger charge is -2.21. The maximum absolute atomic E-state index is 13.0. The molecule has 4 rings (SSSR count). The Morgan fingerprint density at radius 2 is 2.07 bits per heavy atom. The summed E-state index contributed by atoms with van der Waals surface area (Å²) in [5, 5.41) is 0.644. The monoisotopic (exact) mass is 395 g/mol. The fraction of sp³-hybridized carbons (Fsp3) is 0.286. The lowest BCUT2D eigenvalue weighted by atomic mass is 10.1. The van der Waals surface area contributed by atoms with Gasteiger partial charge in [0.2, 0.25) is 11.8 Å². The van der Waals surface area contributed by atoms with Crippen molar-refractivity contribution < 1.29 is 14.3 Å². The molecule has 28 heavy (non-hydrogen) atoms. The number of amides is 2. The van der Waals surface area contributed by atoms with Gasteiger partial charge in [-0.25, -0.2) is 4.98 Å². The van der Waals surface area contributed by atoms with Gasteiger partial charge >= 0.3 is 0 Å². The highest BCUT2D eigenvalue weighted by molar-refractivity contribution is 7.22. The average molecular weight is 395 g/mol. The van der Waals surface area contributed by atoms with Gasteiger partial charge in [-0.1, -0.05) is 29.5 Å². The van der Waals surface area contributed by atoms with Gasteiger partial charge in [-0.2, -0.15) is 0 Å². The molecule has 2 heterocycles. The third-order valence-corrected chi connectivity index (χ3v) is 6.11. The number of benzene rings is 2. The molecule has 1 saturated heterocycles. The van der Waals surface area contributed by atoms with Gasteiger partial charge in [0, 0.05) is 20.0 Å². The number of aryl methyl sites for hydroxylation is 1. The number of anilines is 2. The van der Waals surface area contributed by atoms with Crippen molar-refractivity contribution in [3.63, 3.8) is 0 Å². The predicted octanol–water partition coefficient (Wildman–Crippen LogP) is 3.63. The number of hydrogen-bond donors (Lipinski definition) is 0. The molecule has 0 bridgehead atoms. The first kappa shape index (κ1) is 18.4. The third-order valence-electron chi connectivity index (χ3n) is 5.00. The minimum Gasteiger partial charge on any atom is -0.495 e. The fourth-order valence-corrected chi connectivity index (χ4v) is 4.42. The van der Waals surface area contributed by atoms with Crippen LogP contribution in [0, 0.1) is 12.8 Å². The topological polar surface area (TPSA) is 62.7 Å². The minimum absolute atomic E-state index is 0.0695. The van der Waals surface area contributed by atoms with Gasteiger partial charge in [0.25, 0.3) is 0 Å². The summed E-state index contributed by atoms with van der Waals surface area (Å²) in [4.78, 5) is 33.5. The second-order valence-corrected chi connectivity index (χ2v) is 7.95. The lowest BCUT2D eigenvalue weighted by molar-refractivity contribution is -0.124. The van der Waals surface area contributed by atoms with Gasteiger partial charge < -0.3 is 9.64 Å². The van der Waals surface area contributed by atoms with E-state index in [2.05, 4.69) is 4.98 Å². The maximum Gasteiger partial charge on any atom is 0.233 e. The molecule has 1 aliphatic heterocycles. The number of methoxy groups -OCH3 is 1. The summed E-state index contributed by atoms with van der Waals surface area (Å²) in [5.41, 5.74) is 2.62. The number of carbonyl (C=O) groups is 2. The lowest BCUT2D eigenvalue weighted by Crippen LogP contribution is -2.34. The van der Waals surface area contributed by atoms with Crippen molar-refractivity contribution in [1.29, 1.82) is 0 Å². The minimum atomic E-state index is -0.408.